The summed E-state index contributed by atoms with van der Waals surface area (Å²) in [4.78, 5) is 0. The third-order valence-electron chi connectivity index (χ3n) is 6.19. The van der Waals surface area contributed by atoms with Gasteiger partial charge in [0, 0.05) is 0 Å². The Balaban J connectivity index is 1.98. The predicted molar refractivity (Wildman–Crippen MR) is 130 cm³/mol. The van der Waals surface area contributed by atoms with Gasteiger partial charge in [0.15, 0.2) is 0 Å². The smallest absolute Gasteiger partial charge is 0.00229 e. The van der Waals surface area contributed by atoms with E-state index in [1.165, 1.54) is 95.5 Å². The molecule has 2 rings (SSSR count). The largest absolute Gasteiger partial charge is 0.0654 e. The maximum absolute atomic E-state index is 2.41. The second kappa shape index (κ2) is 15.3. The van der Waals surface area contributed by atoms with Crippen molar-refractivity contribution < 1.29 is 0 Å². The van der Waals surface area contributed by atoms with Crippen molar-refractivity contribution >= 4 is 0 Å². The molecule has 0 heteroatoms. The molecular formula is C29H44. The third kappa shape index (κ3) is 9.66. The molecule has 0 bridgehead atoms. The lowest BCUT2D eigenvalue weighted by Crippen LogP contribution is -2.02. The first-order chi connectivity index (χ1) is 14.3. The Morgan fingerprint density at radius 3 is 1.69 bits per heavy atom. The van der Waals surface area contributed by atoms with Crippen molar-refractivity contribution in [3.63, 3.8) is 0 Å². The van der Waals surface area contributed by atoms with Crippen molar-refractivity contribution in [2.75, 3.05) is 0 Å². The van der Waals surface area contributed by atoms with E-state index in [1.54, 1.807) is 16.7 Å². The highest BCUT2D eigenvalue weighted by molar-refractivity contribution is 5.39. The van der Waals surface area contributed by atoms with Crippen molar-refractivity contribution in [2.45, 2.75) is 110 Å². The quantitative estimate of drug-likeness (QED) is 0.250. The van der Waals surface area contributed by atoms with E-state index in [4.69, 9.17) is 0 Å². The Morgan fingerprint density at radius 2 is 1.03 bits per heavy atom. The number of hydrogen-bond donors (Lipinski definition) is 0. The minimum atomic E-state index is 1.08. The lowest BCUT2D eigenvalue weighted by atomic mass is 9.89. The first-order valence-corrected chi connectivity index (χ1v) is 12.5. The second-order valence-corrected chi connectivity index (χ2v) is 8.75. The summed E-state index contributed by atoms with van der Waals surface area (Å²) in [6.45, 7) is 4.60. The van der Waals surface area contributed by atoms with Crippen LogP contribution in [0.3, 0.4) is 0 Å². The highest BCUT2D eigenvalue weighted by Gasteiger charge is 2.09. The van der Waals surface area contributed by atoms with E-state index in [-0.39, 0.29) is 0 Å². The summed E-state index contributed by atoms with van der Waals surface area (Å²) in [5.41, 5.74) is 6.30. The average molecular weight is 393 g/mol. The van der Waals surface area contributed by atoms with Gasteiger partial charge in [0.2, 0.25) is 0 Å². The van der Waals surface area contributed by atoms with E-state index in [0.29, 0.717) is 0 Å². The third-order valence-corrected chi connectivity index (χ3v) is 6.19. The molecule has 0 aromatic heterocycles. The van der Waals surface area contributed by atoms with Crippen molar-refractivity contribution in [3.05, 3.63) is 70.8 Å². The van der Waals surface area contributed by atoms with Gasteiger partial charge in [0.1, 0.15) is 0 Å². The molecule has 0 spiro atoms. The molecule has 29 heavy (non-hydrogen) atoms. The molecule has 0 amide bonds. The maximum atomic E-state index is 2.41. The lowest BCUT2D eigenvalue weighted by Gasteiger charge is -2.16. The summed E-state index contributed by atoms with van der Waals surface area (Å²) >= 11 is 0. The van der Waals surface area contributed by atoms with Crippen LogP contribution in [0.4, 0.5) is 0 Å². The molecule has 0 atom stereocenters. The first-order valence-electron chi connectivity index (χ1n) is 12.5. The highest BCUT2D eigenvalue weighted by Crippen LogP contribution is 2.23. The summed E-state index contributed by atoms with van der Waals surface area (Å²) in [5.74, 6) is 0. The molecule has 0 aliphatic heterocycles. The van der Waals surface area contributed by atoms with Crippen molar-refractivity contribution in [1.29, 1.82) is 0 Å². The molecule has 160 valence electrons. The van der Waals surface area contributed by atoms with E-state index in [2.05, 4.69) is 62.4 Å². The van der Waals surface area contributed by atoms with E-state index in [0.717, 1.165) is 6.42 Å². The van der Waals surface area contributed by atoms with Gasteiger partial charge in [-0.25, -0.2) is 0 Å². The number of aryl methyl sites for hydroxylation is 1. The molecule has 0 heterocycles. The van der Waals surface area contributed by atoms with Crippen LogP contribution in [0.5, 0.6) is 0 Å². The van der Waals surface area contributed by atoms with Crippen LogP contribution < -0.4 is 0 Å². The van der Waals surface area contributed by atoms with Gasteiger partial charge in [-0.05, 0) is 54.4 Å². The monoisotopic (exact) mass is 392 g/mol. The minimum absolute atomic E-state index is 1.08. The van der Waals surface area contributed by atoms with Crippen molar-refractivity contribution in [3.8, 4) is 0 Å². The van der Waals surface area contributed by atoms with Gasteiger partial charge < -0.3 is 0 Å². The average Bonchev–Trinajstić information content (AvgIpc) is 2.75. The summed E-state index contributed by atoms with van der Waals surface area (Å²) in [7, 11) is 0. The summed E-state index contributed by atoms with van der Waals surface area (Å²) < 4.78 is 0. The van der Waals surface area contributed by atoms with Gasteiger partial charge >= 0.3 is 0 Å². The molecule has 0 nitrogen and oxygen atoms in total. The van der Waals surface area contributed by atoms with Gasteiger partial charge in [-0.1, -0.05) is 127 Å². The minimum Gasteiger partial charge on any atom is -0.0654 e. The molecule has 0 aliphatic rings. The molecule has 0 fully saturated rings. The fourth-order valence-corrected chi connectivity index (χ4v) is 4.40. The van der Waals surface area contributed by atoms with Crippen LogP contribution in [0.15, 0.2) is 48.5 Å². The Labute approximate surface area is 181 Å². The molecule has 0 unspecified atom stereocenters. The Bertz CT molecular complexity index is 640. The number of rotatable bonds is 16. The Morgan fingerprint density at radius 1 is 0.483 bits per heavy atom. The van der Waals surface area contributed by atoms with Crippen LogP contribution in [-0.4, -0.2) is 0 Å². The second-order valence-electron chi connectivity index (χ2n) is 8.75. The summed E-state index contributed by atoms with van der Waals surface area (Å²) in [5, 5.41) is 0. The number of unbranched alkanes of at least 4 members (excludes halogenated alkanes) is 10. The maximum Gasteiger partial charge on any atom is -0.00229 e. The number of benzene rings is 2. The Kier molecular flexibility index (Phi) is 12.5. The zero-order valence-electron chi connectivity index (χ0n) is 19.2. The molecule has 2 aromatic rings. The normalized spacial score (nSPS) is 11.1. The van der Waals surface area contributed by atoms with Crippen LogP contribution in [0.1, 0.15) is 113 Å². The summed E-state index contributed by atoms with van der Waals surface area (Å²) in [6, 6.07) is 18.1. The zero-order chi connectivity index (χ0) is 20.6. The van der Waals surface area contributed by atoms with Gasteiger partial charge in [-0.15, -0.1) is 0 Å². The first kappa shape index (κ1) is 23.7. The summed E-state index contributed by atoms with van der Waals surface area (Å²) in [6.07, 6.45) is 20.2. The zero-order valence-corrected chi connectivity index (χ0v) is 19.2. The topological polar surface area (TPSA) is 0 Å². The van der Waals surface area contributed by atoms with Gasteiger partial charge in [0.25, 0.3) is 0 Å². The lowest BCUT2D eigenvalue weighted by molar-refractivity contribution is 0.598. The van der Waals surface area contributed by atoms with Crippen LogP contribution in [0.2, 0.25) is 0 Å². The molecule has 0 radical (unpaired) electrons. The molecule has 0 N–H and O–H groups in total. The number of hydrogen-bond acceptors (Lipinski definition) is 0. The highest BCUT2D eigenvalue weighted by atomic mass is 14.1. The van der Waals surface area contributed by atoms with Crippen LogP contribution >= 0.6 is 0 Å². The van der Waals surface area contributed by atoms with E-state index in [9.17, 15) is 0 Å². The van der Waals surface area contributed by atoms with Crippen LogP contribution in [-0.2, 0) is 19.3 Å². The SMILES string of the molecule is CCCCCCCCc1cccc(Cc2ccccc2)c1CCCCCCCC. The predicted octanol–water partition coefficient (Wildman–Crippen LogP) is 9.08. The molecule has 0 saturated carbocycles. The molecular weight excluding hydrogens is 348 g/mol. The van der Waals surface area contributed by atoms with Crippen molar-refractivity contribution in [1.82, 2.24) is 0 Å². The Hall–Kier alpha value is -1.56. The van der Waals surface area contributed by atoms with Crippen LogP contribution in [0, 0.1) is 0 Å². The van der Waals surface area contributed by atoms with Crippen molar-refractivity contribution in [2.24, 2.45) is 0 Å². The fraction of sp³-hybridized carbons (Fsp3) is 0.586. The van der Waals surface area contributed by atoms with Crippen LogP contribution in [0.25, 0.3) is 0 Å². The standard InChI is InChI=1S/C29H44/c1-3-5-7-9-11-16-21-27-22-18-23-28(25-26-19-14-13-15-20-26)29(27)24-17-12-10-8-6-4-2/h13-15,18-20,22-23H,3-12,16-17,21,24-25H2,1-2H3. The van der Waals surface area contributed by atoms with Gasteiger partial charge in [-0.2, -0.15) is 0 Å². The van der Waals surface area contributed by atoms with E-state index in [1.807, 2.05) is 0 Å². The molecule has 0 saturated heterocycles. The van der Waals surface area contributed by atoms with E-state index >= 15 is 0 Å². The molecule has 2 aromatic carbocycles. The van der Waals surface area contributed by atoms with Gasteiger partial charge in [-0.3, -0.25) is 0 Å². The fourth-order valence-electron chi connectivity index (χ4n) is 4.40. The van der Waals surface area contributed by atoms with Gasteiger partial charge in [0.05, 0.1) is 0 Å². The molecule has 0 aliphatic carbocycles. The van der Waals surface area contributed by atoms with E-state index < -0.39 is 0 Å².